The molecular formula is C15H28N4O4. The molecule has 23 heavy (non-hydrogen) atoms. The number of piperidine rings is 1. The fraction of sp³-hybridized carbons (Fsp3) is 0.800. The normalized spacial score (nSPS) is 15.8. The minimum Gasteiger partial charge on any atom is -0.444 e. The summed E-state index contributed by atoms with van der Waals surface area (Å²) >= 11 is 0. The molecule has 8 heteroatoms. The summed E-state index contributed by atoms with van der Waals surface area (Å²) in [5, 5.41) is 5.38. The predicted molar refractivity (Wildman–Crippen MR) is 86.1 cm³/mol. The van der Waals surface area contributed by atoms with Gasteiger partial charge in [-0.25, -0.2) is 9.59 Å². The molecule has 0 saturated carbocycles. The summed E-state index contributed by atoms with van der Waals surface area (Å²) in [4.78, 5) is 38.4. The van der Waals surface area contributed by atoms with Crippen LogP contribution >= 0.6 is 0 Å². The van der Waals surface area contributed by atoms with Crippen molar-refractivity contribution in [2.75, 3.05) is 33.7 Å². The molecule has 1 rings (SSSR count). The molecule has 4 amide bonds. The number of carbonyl (C=O) groups excluding carboxylic acids is 3. The van der Waals surface area contributed by atoms with E-state index in [2.05, 4.69) is 10.6 Å². The van der Waals surface area contributed by atoms with Crippen molar-refractivity contribution in [1.82, 2.24) is 20.4 Å². The van der Waals surface area contributed by atoms with E-state index in [4.69, 9.17) is 4.74 Å². The average molecular weight is 328 g/mol. The van der Waals surface area contributed by atoms with E-state index in [9.17, 15) is 14.4 Å². The molecule has 0 radical (unpaired) electrons. The maximum Gasteiger partial charge on any atom is 0.408 e. The predicted octanol–water partition coefficient (Wildman–Crippen LogP) is 0.773. The molecule has 0 aromatic heterocycles. The van der Waals surface area contributed by atoms with Gasteiger partial charge in [-0.1, -0.05) is 0 Å². The van der Waals surface area contributed by atoms with Crippen LogP contribution in [0.4, 0.5) is 9.59 Å². The van der Waals surface area contributed by atoms with E-state index < -0.39 is 11.7 Å². The topological polar surface area (TPSA) is 91.0 Å². The van der Waals surface area contributed by atoms with Crippen LogP contribution in [0, 0.1) is 0 Å². The Kier molecular flexibility index (Phi) is 6.65. The third-order valence-corrected chi connectivity index (χ3v) is 3.36. The minimum absolute atomic E-state index is 0.0766. The highest BCUT2D eigenvalue weighted by Crippen LogP contribution is 2.11. The van der Waals surface area contributed by atoms with Crippen molar-refractivity contribution in [3.05, 3.63) is 0 Å². The highest BCUT2D eigenvalue weighted by molar-refractivity contribution is 5.82. The van der Waals surface area contributed by atoms with Gasteiger partial charge in [0.15, 0.2) is 0 Å². The van der Waals surface area contributed by atoms with Gasteiger partial charge in [0.1, 0.15) is 12.1 Å². The third kappa shape index (κ3) is 7.21. The molecular weight excluding hydrogens is 300 g/mol. The van der Waals surface area contributed by atoms with Crippen molar-refractivity contribution >= 4 is 18.0 Å². The number of ether oxygens (including phenoxy) is 1. The quantitative estimate of drug-likeness (QED) is 0.801. The molecule has 1 aliphatic rings. The van der Waals surface area contributed by atoms with Gasteiger partial charge in [-0.2, -0.15) is 0 Å². The molecule has 0 unspecified atom stereocenters. The van der Waals surface area contributed by atoms with Gasteiger partial charge in [0.05, 0.1) is 0 Å². The Morgan fingerprint density at radius 2 is 1.74 bits per heavy atom. The van der Waals surface area contributed by atoms with Crippen molar-refractivity contribution in [3.8, 4) is 0 Å². The Morgan fingerprint density at radius 1 is 1.17 bits per heavy atom. The number of hydrogen-bond acceptors (Lipinski definition) is 4. The van der Waals surface area contributed by atoms with Crippen molar-refractivity contribution in [2.24, 2.45) is 0 Å². The van der Waals surface area contributed by atoms with Crippen LogP contribution in [0.5, 0.6) is 0 Å². The maximum absolute atomic E-state index is 12.1. The Balaban J connectivity index is 2.30. The lowest BCUT2D eigenvalue weighted by atomic mass is 10.1. The summed E-state index contributed by atoms with van der Waals surface area (Å²) in [6.45, 7) is 6.34. The minimum atomic E-state index is -0.598. The molecule has 8 nitrogen and oxygen atoms in total. The first-order valence-electron chi connectivity index (χ1n) is 7.81. The van der Waals surface area contributed by atoms with Crippen LogP contribution < -0.4 is 10.6 Å². The molecule has 1 fully saturated rings. The number of likely N-dealkylation sites (tertiary alicyclic amines) is 1. The summed E-state index contributed by atoms with van der Waals surface area (Å²) in [7, 11) is 3.38. The van der Waals surface area contributed by atoms with E-state index in [1.54, 1.807) is 39.8 Å². The number of amides is 4. The molecule has 1 aliphatic heterocycles. The average Bonchev–Trinajstić information content (AvgIpc) is 2.43. The number of nitrogens with zero attached hydrogens (tertiary/aromatic N) is 2. The van der Waals surface area contributed by atoms with Crippen LogP contribution in [-0.2, 0) is 9.53 Å². The van der Waals surface area contributed by atoms with Gasteiger partial charge in [0, 0.05) is 33.2 Å². The van der Waals surface area contributed by atoms with Crippen LogP contribution in [0.15, 0.2) is 0 Å². The molecule has 1 saturated heterocycles. The Labute approximate surface area is 137 Å². The fourth-order valence-electron chi connectivity index (χ4n) is 2.15. The molecule has 132 valence electrons. The molecule has 0 bridgehead atoms. The first kappa shape index (κ1) is 19.1. The summed E-state index contributed by atoms with van der Waals surface area (Å²) in [6.07, 6.45) is 0.814. The summed E-state index contributed by atoms with van der Waals surface area (Å²) < 4.78 is 5.09. The van der Waals surface area contributed by atoms with Crippen molar-refractivity contribution in [3.63, 3.8) is 0 Å². The van der Waals surface area contributed by atoms with Crippen LogP contribution in [0.1, 0.15) is 33.6 Å². The standard InChI is InChI=1S/C15H28N4O4/c1-15(2,3)23-14(22)16-10-12(20)19-8-6-11(7-9-19)17-13(21)18(4)5/h11H,6-10H2,1-5H3,(H,16,22)(H,17,21). The van der Waals surface area contributed by atoms with Gasteiger partial charge in [0.2, 0.25) is 5.91 Å². The van der Waals surface area contributed by atoms with Crippen LogP contribution in [-0.4, -0.2) is 73.2 Å². The number of rotatable bonds is 3. The van der Waals surface area contributed by atoms with E-state index in [1.165, 1.54) is 4.90 Å². The molecule has 1 heterocycles. The Morgan fingerprint density at radius 3 is 2.22 bits per heavy atom. The molecule has 0 atom stereocenters. The lowest BCUT2D eigenvalue weighted by molar-refractivity contribution is -0.131. The van der Waals surface area contributed by atoms with Gasteiger partial charge in [0.25, 0.3) is 0 Å². The Bertz CT molecular complexity index is 437. The molecule has 0 spiro atoms. The molecule has 2 N–H and O–H groups in total. The van der Waals surface area contributed by atoms with E-state index in [1.807, 2.05) is 0 Å². The lowest BCUT2D eigenvalue weighted by Gasteiger charge is -2.33. The van der Waals surface area contributed by atoms with Gasteiger partial charge < -0.3 is 25.2 Å². The second-order valence-corrected chi connectivity index (χ2v) is 6.85. The number of nitrogens with one attached hydrogen (secondary N) is 2. The fourth-order valence-corrected chi connectivity index (χ4v) is 2.15. The zero-order valence-electron chi connectivity index (χ0n) is 14.6. The smallest absolute Gasteiger partial charge is 0.408 e. The second kappa shape index (κ2) is 8.03. The first-order chi connectivity index (χ1) is 10.6. The van der Waals surface area contributed by atoms with Crippen LogP contribution in [0.2, 0.25) is 0 Å². The van der Waals surface area contributed by atoms with Gasteiger partial charge >= 0.3 is 12.1 Å². The monoisotopic (exact) mass is 328 g/mol. The van der Waals surface area contributed by atoms with Gasteiger partial charge in [-0.3, -0.25) is 4.79 Å². The lowest BCUT2D eigenvalue weighted by Crippen LogP contribution is -2.50. The second-order valence-electron chi connectivity index (χ2n) is 6.85. The number of hydrogen-bond donors (Lipinski definition) is 2. The van der Waals surface area contributed by atoms with Crippen molar-refractivity contribution in [1.29, 1.82) is 0 Å². The van der Waals surface area contributed by atoms with Gasteiger partial charge in [-0.15, -0.1) is 0 Å². The zero-order valence-corrected chi connectivity index (χ0v) is 14.6. The molecule has 0 aliphatic carbocycles. The number of alkyl carbamates (subject to hydrolysis) is 1. The maximum atomic E-state index is 12.1. The highest BCUT2D eigenvalue weighted by atomic mass is 16.6. The number of urea groups is 1. The summed E-state index contributed by atoms with van der Waals surface area (Å²) in [5.74, 6) is -0.145. The van der Waals surface area contributed by atoms with Gasteiger partial charge in [-0.05, 0) is 33.6 Å². The van der Waals surface area contributed by atoms with E-state index in [-0.39, 0.29) is 24.5 Å². The van der Waals surface area contributed by atoms with E-state index >= 15 is 0 Å². The Hall–Kier alpha value is -1.99. The largest absolute Gasteiger partial charge is 0.444 e. The third-order valence-electron chi connectivity index (χ3n) is 3.36. The highest BCUT2D eigenvalue weighted by Gasteiger charge is 2.25. The number of carbonyl (C=O) groups is 3. The van der Waals surface area contributed by atoms with E-state index in [0.717, 1.165) is 0 Å². The summed E-state index contributed by atoms with van der Waals surface area (Å²) in [5.41, 5.74) is -0.587. The molecule has 0 aromatic carbocycles. The van der Waals surface area contributed by atoms with Crippen LogP contribution in [0.25, 0.3) is 0 Å². The first-order valence-corrected chi connectivity index (χ1v) is 7.81. The van der Waals surface area contributed by atoms with Crippen LogP contribution in [0.3, 0.4) is 0 Å². The van der Waals surface area contributed by atoms with Crippen molar-refractivity contribution in [2.45, 2.75) is 45.3 Å². The SMILES string of the molecule is CN(C)C(=O)NC1CCN(C(=O)CNC(=O)OC(C)(C)C)CC1. The summed E-state index contributed by atoms with van der Waals surface area (Å²) in [6, 6.07) is -0.0471. The molecule has 0 aromatic rings. The van der Waals surface area contributed by atoms with Crippen molar-refractivity contribution < 1.29 is 19.1 Å². The zero-order chi connectivity index (χ0) is 17.6. The van der Waals surface area contributed by atoms with E-state index in [0.29, 0.717) is 25.9 Å².